The summed E-state index contributed by atoms with van der Waals surface area (Å²) in [5.74, 6) is -0.838. The molecule has 6 nitrogen and oxygen atoms in total. The number of hydroxylamine groups is 2. The topological polar surface area (TPSA) is 75.0 Å². The first-order valence-corrected chi connectivity index (χ1v) is 12.7. The number of benzene rings is 1. The van der Waals surface area contributed by atoms with Crippen molar-refractivity contribution in [3.05, 3.63) is 35.9 Å². The van der Waals surface area contributed by atoms with E-state index in [1.54, 1.807) is 0 Å². The largest absolute Gasteiger partial charge is 0.414 e. The Kier molecular flexibility index (Phi) is 7.08. The number of rotatable bonds is 7. The van der Waals surface area contributed by atoms with Crippen molar-refractivity contribution in [2.75, 3.05) is 6.61 Å². The molecule has 0 unspecified atom stereocenters. The maximum Gasteiger partial charge on any atom is 0.192 e. The van der Waals surface area contributed by atoms with Crippen LogP contribution in [0.1, 0.15) is 40.2 Å². The van der Waals surface area contributed by atoms with Gasteiger partial charge < -0.3 is 19.1 Å². The van der Waals surface area contributed by atoms with Gasteiger partial charge in [-0.05, 0) is 37.5 Å². The first-order chi connectivity index (χ1) is 12.9. The van der Waals surface area contributed by atoms with Gasteiger partial charge in [-0.1, -0.05) is 51.1 Å². The van der Waals surface area contributed by atoms with Crippen LogP contribution >= 0.6 is 0 Å². The predicted molar refractivity (Wildman–Crippen MR) is 110 cm³/mol. The van der Waals surface area contributed by atoms with E-state index in [9.17, 15) is 10.5 Å². The monoisotopic (exact) mass is 406 g/mol. The highest BCUT2D eigenvalue weighted by Gasteiger charge is 2.48. The fraction of sp³-hybridized carbons (Fsp3) is 0.667. The molecule has 28 heavy (non-hydrogen) atoms. The van der Waals surface area contributed by atoms with Gasteiger partial charge in [0, 0.05) is 0 Å². The molecule has 7 heteroatoms. The molecule has 1 N–H and O–H groups in total. The van der Waals surface area contributed by atoms with E-state index < -0.39 is 32.4 Å². The Labute approximate surface area is 170 Å². The van der Waals surface area contributed by atoms with Crippen LogP contribution < -0.4 is 0 Å². The molecule has 0 amide bonds. The summed E-state index contributed by atoms with van der Waals surface area (Å²) >= 11 is 0. The average Bonchev–Trinajstić information content (AvgIpc) is 2.88. The zero-order valence-electron chi connectivity index (χ0n) is 18.1. The van der Waals surface area contributed by atoms with Gasteiger partial charge in [-0.25, -0.2) is 0 Å². The lowest BCUT2D eigenvalue weighted by atomic mass is 10.1. The predicted octanol–water partition coefficient (Wildman–Crippen LogP) is 4.31. The molecule has 0 aliphatic carbocycles. The van der Waals surface area contributed by atoms with Crippen LogP contribution in [-0.4, -0.2) is 49.2 Å². The van der Waals surface area contributed by atoms with Crippen molar-refractivity contribution in [1.82, 2.24) is 5.06 Å². The fourth-order valence-corrected chi connectivity index (χ4v) is 3.96. The van der Waals surface area contributed by atoms with Crippen molar-refractivity contribution >= 4 is 8.32 Å². The van der Waals surface area contributed by atoms with E-state index >= 15 is 0 Å². The van der Waals surface area contributed by atoms with Crippen LogP contribution in [0.15, 0.2) is 30.3 Å². The van der Waals surface area contributed by atoms with Gasteiger partial charge in [0.05, 0.1) is 19.2 Å². The number of hydrogen-bond donors (Lipinski definition) is 1. The van der Waals surface area contributed by atoms with Crippen LogP contribution in [-0.2, 0) is 20.4 Å². The van der Waals surface area contributed by atoms with Crippen molar-refractivity contribution in [2.24, 2.45) is 0 Å². The molecule has 1 fully saturated rings. The van der Waals surface area contributed by atoms with Crippen molar-refractivity contribution in [1.29, 1.82) is 5.26 Å². The minimum atomic E-state index is -1.98. The zero-order valence-corrected chi connectivity index (χ0v) is 19.1. The number of hydrogen-bond acceptors (Lipinski definition) is 6. The fourth-order valence-electron chi connectivity index (χ4n) is 2.95. The summed E-state index contributed by atoms with van der Waals surface area (Å²) < 4.78 is 18.4. The minimum absolute atomic E-state index is 0.0719. The van der Waals surface area contributed by atoms with Crippen LogP contribution in [0.3, 0.4) is 0 Å². The van der Waals surface area contributed by atoms with E-state index in [1.807, 2.05) is 44.2 Å². The molecule has 0 bridgehead atoms. The van der Waals surface area contributed by atoms with Gasteiger partial charge in [-0.3, -0.25) is 0 Å². The molecule has 156 valence electrons. The van der Waals surface area contributed by atoms with Crippen molar-refractivity contribution in [3.63, 3.8) is 0 Å². The first kappa shape index (κ1) is 23.0. The molecule has 0 aromatic heterocycles. The Bertz CT molecular complexity index is 682. The smallest absolute Gasteiger partial charge is 0.192 e. The van der Waals surface area contributed by atoms with E-state index in [0.29, 0.717) is 6.61 Å². The maximum absolute atomic E-state index is 10.6. The lowest BCUT2D eigenvalue weighted by Gasteiger charge is -2.37. The molecular formula is C21H34N2O4Si. The Balaban J connectivity index is 2.13. The Hall–Kier alpha value is -1.27. The van der Waals surface area contributed by atoms with Gasteiger partial charge in [0.1, 0.15) is 12.2 Å². The third-order valence-corrected chi connectivity index (χ3v) is 10.1. The second-order valence-corrected chi connectivity index (χ2v) is 14.2. The standard InChI is InChI=1S/C21H34N2O4Si/c1-20(2,3)28(6,7)25-15-18-19(27-21(4,5)26-18)17(13-22)23(24)14-16-11-9-8-10-12-16/h8-12,17-19,24H,14-15H2,1-7H3/t17-,18-,19-/m0/s1. The first-order valence-electron chi connectivity index (χ1n) is 9.75. The van der Waals surface area contributed by atoms with Gasteiger partial charge in [0.25, 0.3) is 0 Å². The van der Waals surface area contributed by atoms with Gasteiger partial charge in [-0.15, -0.1) is 0 Å². The summed E-state index contributed by atoms with van der Waals surface area (Å²) in [4.78, 5) is 0. The van der Waals surface area contributed by atoms with Gasteiger partial charge in [0.15, 0.2) is 20.1 Å². The summed E-state index contributed by atoms with van der Waals surface area (Å²) in [6.07, 6.45) is -1.04. The summed E-state index contributed by atoms with van der Waals surface area (Å²) in [6.45, 7) is 15.1. The Morgan fingerprint density at radius 1 is 1.25 bits per heavy atom. The molecule has 0 radical (unpaired) electrons. The van der Waals surface area contributed by atoms with Gasteiger partial charge in [-0.2, -0.15) is 10.3 Å². The molecule has 2 rings (SSSR count). The molecule has 3 atom stereocenters. The molecular weight excluding hydrogens is 372 g/mol. The third-order valence-electron chi connectivity index (χ3n) is 5.59. The van der Waals surface area contributed by atoms with Crippen LogP contribution in [0.4, 0.5) is 0 Å². The number of ether oxygens (including phenoxy) is 2. The van der Waals surface area contributed by atoms with E-state index in [1.165, 1.54) is 0 Å². The second-order valence-electron chi connectivity index (χ2n) is 9.37. The SMILES string of the molecule is CC1(C)O[C@@H]([C@H](C#N)N(O)Cc2ccccc2)[C@H](CO[Si](C)(C)C(C)(C)C)O1. The quantitative estimate of drug-likeness (QED) is 0.537. The highest BCUT2D eigenvalue weighted by Crippen LogP contribution is 2.38. The third kappa shape index (κ3) is 5.63. The second kappa shape index (κ2) is 8.62. The molecule has 0 spiro atoms. The Morgan fingerprint density at radius 3 is 2.39 bits per heavy atom. The summed E-state index contributed by atoms with van der Waals surface area (Å²) in [5, 5.41) is 21.5. The van der Waals surface area contributed by atoms with Crippen LogP contribution in [0.2, 0.25) is 18.1 Å². The van der Waals surface area contributed by atoms with E-state index in [4.69, 9.17) is 13.9 Å². The lowest BCUT2D eigenvalue weighted by Crippen LogP contribution is -2.49. The van der Waals surface area contributed by atoms with Crippen LogP contribution in [0.5, 0.6) is 0 Å². The van der Waals surface area contributed by atoms with E-state index in [2.05, 4.69) is 39.9 Å². The highest BCUT2D eigenvalue weighted by molar-refractivity contribution is 6.74. The molecule has 1 aliphatic rings. The van der Waals surface area contributed by atoms with Gasteiger partial charge in [0.2, 0.25) is 0 Å². The van der Waals surface area contributed by atoms with Crippen molar-refractivity contribution in [2.45, 2.75) is 83.3 Å². The zero-order chi connectivity index (χ0) is 21.2. The minimum Gasteiger partial charge on any atom is -0.414 e. The molecule has 1 aromatic rings. The molecule has 1 aromatic carbocycles. The van der Waals surface area contributed by atoms with Crippen LogP contribution in [0.25, 0.3) is 0 Å². The average molecular weight is 407 g/mol. The molecule has 0 saturated carbocycles. The van der Waals surface area contributed by atoms with E-state index in [-0.39, 0.29) is 11.6 Å². The molecule has 1 aliphatic heterocycles. The number of nitrogens with zero attached hydrogens (tertiary/aromatic N) is 2. The van der Waals surface area contributed by atoms with Crippen molar-refractivity contribution in [3.8, 4) is 6.07 Å². The summed E-state index contributed by atoms with van der Waals surface area (Å²) in [7, 11) is -1.98. The van der Waals surface area contributed by atoms with Crippen molar-refractivity contribution < 1.29 is 19.1 Å². The molecule has 1 heterocycles. The Morgan fingerprint density at radius 2 is 1.86 bits per heavy atom. The normalized spacial score (nSPS) is 23.6. The summed E-state index contributed by atoms with van der Waals surface area (Å²) in [5.41, 5.74) is 0.914. The van der Waals surface area contributed by atoms with Crippen LogP contribution in [0, 0.1) is 11.3 Å². The highest BCUT2D eigenvalue weighted by atomic mass is 28.4. The van der Waals surface area contributed by atoms with E-state index in [0.717, 1.165) is 10.6 Å². The number of nitriles is 1. The maximum atomic E-state index is 10.6. The van der Waals surface area contributed by atoms with Gasteiger partial charge >= 0.3 is 0 Å². The summed E-state index contributed by atoms with van der Waals surface area (Å²) in [6, 6.07) is 10.9. The lowest BCUT2D eigenvalue weighted by molar-refractivity contribution is -0.177. The molecule has 1 saturated heterocycles.